The second-order valence-corrected chi connectivity index (χ2v) is 10.5. The topological polar surface area (TPSA) is 58.2 Å². The monoisotopic (exact) mass is 488 g/mol. The molecule has 0 saturated heterocycles. The van der Waals surface area contributed by atoms with Crippen molar-refractivity contribution in [2.24, 2.45) is 5.92 Å². The van der Waals surface area contributed by atoms with Gasteiger partial charge in [0.2, 0.25) is 0 Å². The number of benzene rings is 3. The fraction of sp³-hybridized carbons (Fsp3) is 0.167. The Morgan fingerprint density at radius 3 is 2.59 bits per heavy atom. The van der Waals surface area contributed by atoms with Gasteiger partial charge in [0, 0.05) is 11.6 Å². The first-order valence-corrected chi connectivity index (χ1v) is 12.4. The maximum atomic E-state index is 13.4. The van der Waals surface area contributed by atoms with E-state index in [1.807, 2.05) is 0 Å². The molecule has 0 radical (unpaired) electrons. The van der Waals surface area contributed by atoms with E-state index in [1.165, 1.54) is 12.1 Å². The van der Waals surface area contributed by atoms with Gasteiger partial charge in [0.15, 0.2) is 0 Å². The van der Waals surface area contributed by atoms with Crippen molar-refractivity contribution in [3.8, 4) is 0 Å². The van der Waals surface area contributed by atoms with E-state index < -0.39 is 10.0 Å². The lowest BCUT2D eigenvalue weighted by Crippen LogP contribution is -2.29. The van der Waals surface area contributed by atoms with Crippen molar-refractivity contribution in [1.82, 2.24) is 0 Å². The normalized spacial score (nSPS) is 21.5. The van der Waals surface area contributed by atoms with Crippen molar-refractivity contribution in [2.45, 2.75) is 23.3 Å². The Hall–Kier alpha value is -2.54. The summed E-state index contributed by atoms with van der Waals surface area (Å²) in [5, 5.41) is 3.95. The van der Waals surface area contributed by atoms with Crippen molar-refractivity contribution in [2.75, 3.05) is 10.0 Å². The molecule has 4 nitrogen and oxygen atoms in total. The summed E-state index contributed by atoms with van der Waals surface area (Å²) in [5.41, 5.74) is 3.02. The van der Waals surface area contributed by atoms with Crippen molar-refractivity contribution in [3.63, 3.8) is 0 Å². The van der Waals surface area contributed by atoms with Gasteiger partial charge in [0.05, 0.1) is 26.7 Å². The van der Waals surface area contributed by atoms with E-state index in [1.54, 1.807) is 48.5 Å². The highest BCUT2D eigenvalue weighted by atomic mass is 35.5. The van der Waals surface area contributed by atoms with Crippen LogP contribution in [-0.4, -0.2) is 8.42 Å². The van der Waals surface area contributed by atoms with Gasteiger partial charge in [-0.1, -0.05) is 53.6 Å². The van der Waals surface area contributed by atoms with Crippen LogP contribution < -0.4 is 10.0 Å². The Labute approximate surface area is 196 Å². The van der Waals surface area contributed by atoms with Gasteiger partial charge in [-0.05, 0) is 65.9 Å². The van der Waals surface area contributed by atoms with Crippen LogP contribution in [0.1, 0.15) is 29.5 Å². The molecule has 0 unspecified atom stereocenters. The minimum atomic E-state index is -3.87. The minimum absolute atomic E-state index is 0.00829. The van der Waals surface area contributed by atoms with Crippen molar-refractivity contribution < 1.29 is 12.8 Å². The molecule has 3 atom stereocenters. The predicted octanol–water partition coefficient (Wildman–Crippen LogP) is 6.76. The lowest BCUT2D eigenvalue weighted by atomic mass is 9.77. The summed E-state index contributed by atoms with van der Waals surface area (Å²) in [6, 6.07) is 16.4. The summed E-state index contributed by atoms with van der Waals surface area (Å²) in [6.07, 6.45) is 5.10. The molecule has 1 aliphatic heterocycles. The maximum absolute atomic E-state index is 13.4. The molecule has 3 aromatic carbocycles. The Balaban J connectivity index is 1.49. The van der Waals surface area contributed by atoms with Crippen LogP contribution in [0.5, 0.6) is 0 Å². The molecule has 2 N–H and O–H groups in total. The van der Waals surface area contributed by atoms with Crippen LogP contribution in [0.3, 0.4) is 0 Å². The van der Waals surface area contributed by atoms with Gasteiger partial charge in [-0.15, -0.1) is 0 Å². The predicted molar refractivity (Wildman–Crippen MR) is 126 cm³/mol. The zero-order chi connectivity index (χ0) is 22.5. The number of nitrogens with one attached hydrogen (secondary N) is 2. The van der Waals surface area contributed by atoms with Gasteiger partial charge in [-0.2, -0.15) is 0 Å². The quantitative estimate of drug-likeness (QED) is 0.398. The van der Waals surface area contributed by atoms with Gasteiger partial charge >= 0.3 is 0 Å². The van der Waals surface area contributed by atoms with Crippen LogP contribution >= 0.6 is 23.2 Å². The number of hydrogen-bond donors (Lipinski definition) is 2. The van der Waals surface area contributed by atoms with E-state index in [2.05, 4.69) is 22.2 Å². The average Bonchev–Trinajstić information content (AvgIpc) is 3.27. The summed E-state index contributed by atoms with van der Waals surface area (Å²) >= 11 is 12.2. The van der Waals surface area contributed by atoms with Gasteiger partial charge in [0.25, 0.3) is 10.0 Å². The standard InChI is InChI=1S/C24H19Cl2FN2O2S/c25-20-5-2-6-22(23(20)26)29-32(30,31)16-11-12-21-19(13-16)17-3-1-4-18(17)24(28-21)14-7-9-15(27)10-8-14/h1-3,5-13,17-18,24,28-29H,4H2/t17-,18+,24+/m0/s1. The molecule has 0 spiro atoms. The number of sulfonamides is 1. The molecular weight excluding hydrogens is 470 g/mol. The van der Waals surface area contributed by atoms with E-state index in [9.17, 15) is 12.8 Å². The molecule has 0 amide bonds. The Morgan fingerprint density at radius 1 is 1.03 bits per heavy atom. The van der Waals surface area contributed by atoms with Gasteiger partial charge in [-0.3, -0.25) is 4.72 Å². The number of hydrogen-bond acceptors (Lipinski definition) is 3. The zero-order valence-electron chi connectivity index (χ0n) is 16.7. The molecule has 8 heteroatoms. The molecule has 0 fully saturated rings. The maximum Gasteiger partial charge on any atom is 0.261 e. The van der Waals surface area contributed by atoms with Crippen molar-refractivity contribution in [3.05, 3.63) is 99.8 Å². The molecular formula is C24H19Cl2FN2O2S. The minimum Gasteiger partial charge on any atom is -0.378 e. The Morgan fingerprint density at radius 2 is 1.81 bits per heavy atom. The fourth-order valence-electron chi connectivity index (χ4n) is 4.53. The molecule has 1 heterocycles. The zero-order valence-corrected chi connectivity index (χ0v) is 19.1. The highest BCUT2D eigenvalue weighted by Gasteiger charge is 2.38. The molecule has 0 bridgehead atoms. The van der Waals surface area contributed by atoms with Crippen LogP contribution in [0.25, 0.3) is 0 Å². The summed E-state index contributed by atoms with van der Waals surface area (Å²) in [4.78, 5) is 0.147. The highest BCUT2D eigenvalue weighted by Crippen LogP contribution is 2.50. The Bertz CT molecular complexity index is 1330. The summed E-state index contributed by atoms with van der Waals surface area (Å²) in [6.45, 7) is 0. The number of fused-ring (bicyclic) bond motifs is 3. The van der Waals surface area contributed by atoms with Crippen molar-refractivity contribution in [1.29, 1.82) is 0 Å². The fourth-order valence-corrected chi connectivity index (χ4v) is 6.04. The highest BCUT2D eigenvalue weighted by molar-refractivity contribution is 7.92. The molecule has 32 heavy (non-hydrogen) atoms. The van der Waals surface area contributed by atoms with Gasteiger partial charge < -0.3 is 5.32 Å². The summed E-state index contributed by atoms with van der Waals surface area (Å²) in [7, 11) is -3.87. The second kappa shape index (κ2) is 8.10. The smallest absolute Gasteiger partial charge is 0.261 e. The largest absolute Gasteiger partial charge is 0.378 e. The van der Waals surface area contributed by atoms with E-state index in [-0.39, 0.29) is 44.3 Å². The molecule has 5 rings (SSSR count). The van der Waals surface area contributed by atoms with Crippen LogP contribution in [0.15, 0.2) is 77.7 Å². The van der Waals surface area contributed by atoms with Crippen LogP contribution in [0.4, 0.5) is 15.8 Å². The summed E-state index contributed by atoms with van der Waals surface area (Å²) < 4.78 is 42.1. The van der Waals surface area contributed by atoms with E-state index in [4.69, 9.17) is 23.2 Å². The molecule has 0 saturated carbocycles. The lowest BCUT2D eigenvalue weighted by molar-refractivity contribution is 0.424. The molecule has 1 aliphatic carbocycles. The summed E-state index contributed by atoms with van der Waals surface area (Å²) in [5.74, 6) is 0.000622. The first-order chi connectivity index (χ1) is 15.3. The number of allylic oxidation sites excluding steroid dienone is 2. The van der Waals surface area contributed by atoms with Crippen LogP contribution in [0.2, 0.25) is 10.0 Å². The Kier molecular flexibility index (Phi) is 5.40. The third kappa shape index (κ3) is 3.76. The molecule has 164 valence electrons. The van der Waals surface area contributed by atoms with E-state index in [0.29, 0.717) is 0 Å². The number of rotatable bonds is 4. The SMILES string of the molecule is O=S(=O)(Nc1cccc(Cl)c1Cl)c1ccc2c(c1)[C@H]1C=CC[C@H]1[C@@H](c1ccc(F)cc1)N2. The molecule has 3 aromatic rings. The first kappa shape index (κ1) is 21.3. The third-order valence-electron chi connectivity index (χ3n) is 6.07. The van der Waals surface area contributed by atoms with Crippen LogP contribution in [-0.2, 0) is 10.0 Å². The van der Waals surface area contributed by atoms with Crippen LogP contribution in [0, 0.1) is 11.7 Å². The third-order valence-corrected chi connectivity index (χ3v) is 8.25. The number of anilines is 2. The first-order valence-electron chi connectivity index (χ1n) is 10.1. The van der Waals surface area contributed by atoms with E-state index >= 15 is 0 Å². The number of halogens is 3. The van der Waals surface area contributed by atoms with Gasteiger partial charge in [-0.25, -0.2) is 12.8 Å². The second-order valence-electron chi connectivity index (χ2n) is 7.98. The lowest BCUT2D eigenvalue weighted by Gasteiger charge is -2.37. The molecule has 0 aromatic heterocycles. The molecule has 2 aliphatic rings. The average molecular weight is 489 g/mol. The van der Waals surface area contributed by atoms with E-state index in [0.717, 1.165) is 23.2 Å². The van der Waals surface area contributed by atoms with Crippen molar-refractivity contribution >= 4 is 44.6 Å². The van der Waals surface area contributed by atoms with Gasteiger partial charge in [0.1, 0.15) is 5.82 Å².